The Balaban J connectivity index is 1.97. The molecule has 0 saturated carbocycles. The second-order valence-corrected chi connectivity index (χ2v) is 8.48. The van der Waals surface area contributed by atoms with Gasteiger partial charge in [-0.3, -0.25) is 10.1 Å². The Hall–Kier alpha value is -3.54. The van der Waals surface area contributed by atoms with Gasteiger partial charge in [-0.25, -0.2) is 14.0 Å². The molecule has 11 heteroatoms. The summed E-state index contributed by atoms with van der Waals surface area (Å²) in [5, 5.41) is 15.1. The Bertz CT molecular complexity index is 1050. The first-order valence-corrected chi connectivity index (χ1v) is 11.0. The number of likely N-dealkylation sites (N-methyl/N-ethyl adjacent to an activating group) is 1. The van der Waals surface area contributed by atoms with Crippen LogP contribution in [0.4, 0.5) is 9.18 Å². The molecule has 0 radical (unpaired) electrons. The first kappa shape index (κ1) is 28.7. The number of carbonyl (C=O) groups excluding carboxylic acids is 3. The Morgan fingerprint density at radius 2 is 1.75 bits per heavy atom. The normalized spacial score (nSPS) is 13.8. The smallest absolute Gasteiger partial charge is 0.408 e. The maximum atomic E-state index is 13.7. The van der Waals surface area contributed by atoms with Gasteiger partial charge in [-0.05, 0) is 44.2 Å². The Labute approximate surface area is 208 Å². The first-order valence-electron chi connectivity index (χ1n) is 11.0. The van der Waals surface area contributed by atoms with Crippen LogP contribution in [0.25, 0.3) is 0 Å². The molecule has 0 fully saturated rings. The van der Waals surface area contributed by atoms with Crippen molar-refractivity contribution in [2.24, 2.45) is 0 Å². The summed E-state index contributed by atoms with van der Waals surface area (Å²) < 4.78 is 34.3. The minimum Gasteiger partial charge on any atom is -0.489 e. The van der Waals surface area contributed by atoms with Crippen molar-refractivity contribution >= 4 is 18.3 Å². The molecule has 2 unspecified atom stereocenters. The van der Waals surface area contributed by atoms with Gasteiger partial charge < -0.3 is 29.4 Å². The van der Waals surface area contributed by atoms with Crippen molar-refractivity contribution in [3.05, 3.63) is 65.0 Å². The van der Waals surface area contributed by atoms with E-state index in [1.807, 2.05) is 24.3 Å². The van der Waals surface area contributed by atoms with Crippen molar-refractivity contribution < 1.29 is 42.8 Å². The number of amides is 1. The van der Waals surface area contributed by atoms with Gasteiger partial charge in [-0.1, -0.05) is 24.3 Å². The highest BCUT2D eigenvalue weighted by Crippen LogP contribution is 2.20. The highest BCUT2D eigenvalue weighted by molar-refractivity contribution is 5.82. The molecule has 3 N–H and O–H groups in total. The first-order chi connectivity index (χ1) is 17.0. The van der Waals surface area contributed by atoms with Crippen LogP contribution in [-0.4, -0.2) is 62.3 Å². The second-order valence-electron chi connectivity index (χ2n) is 8.48. The van der Waals surface area contributed by atoms with Crippen LogP contribution in [-0.2, 0) is 32.0 Å². The fourth-order valence-electron chi connectivity index (χ4n) is 3.34. The SMILES string of the molecule is CNC(O)(OC)C(NC(=O)OC(C)(C)Cc1ccc(COc2ccc(C=O)c(F)c2)cc1)C(=O)OC. The average molecular weight is 507 g/mol. The molecule has 0 heterocycles. The van der Waals surface area contributed by atoms with Crippen LogP contribution < -0.4 is 15.4 Å². The Morgan fingerprint density at radius 3 is 2.28 bits per heavy atom. The zero-order chi connectivity index (χ0) is 26.9. The van der Waals surface area contributed by atoms with E-state index in [-0.39, 0.29) is 12.2 Å². The van der Waals surface area contributed by atoms with Crippen LogP contribution in [0.3, 0.4) is 0 Å². The van der Waals surface area contributed by atoms with Gasteiger partial charge in [0.2, 0.25) is 0 Å². The highest BCUT2D eigenvalue weighted by Gasteiger charge is 2.44. The van der Waals surface area contributed by atoms with Gasteiger partial charge in [0.25, 0.3) is 5.91 Å². The number of aliphatic hydroxyl groups is 1. The number of hydrogen-bond acceptors (Lipinski definition) is 9. The number of methoxy groups -OCH3 is 2. The molecule has 10 nitrogen and oxygen atoms in total. The van der Waals surface area contributed by atoms with Crippen LogP contribution in [0.1, 0.15) is 35.3 Å². The molecule has 0 aliphatic heterocycles. The van der Waals surface area contributed by atoms with Crippen LogP contribution >= 0.6 is 0 Å². The number of nitrogens with one attached hydrogen (secondary N) is 2. The lowest BCUT2D eigenvalue weighted by Crippen LogP contribution is -2.65. The molecule has 196 valence electrons. The molecule has 36 heavy (non-hydrogen) atoms. The number of hydrogen-bond donors (Lipinski definition) is 3. The Kier molecular flexibility index (Phi) is 9.91. The summed E-state index contributed by atoms with van der Waals surface area (Å²) in [7, 11) is 3.60. The molecular formula is C25H31FN2O8. The summed E-state index contributed by atoms with van der Waals surface area (Å²) in [6, 6.07) is 9.73. The van der Waals surface area contributed by atoms with Crippen molar-refractivity contribution in [2.75, 3.05) is 21.3 Å². The molecule has 0 aliphatic carbocycles. The van der Waals surface area contributed by atoms with Gasteiger partial charge in [0, 0.05) is 19.6 Å². The maximum Gasteiger partial charge on any atom is 0.408 e. The summed E-state index contributed by atoms with van der Waals surface area (Å²) in [6.07, 6.45) is -0.186. The summed E-state index contributed by atoms with van der Waals surface area (Å²) in [4.78, 5) is 35.3. The van der Waals surface area contributed by atoms with Crippen LogP contribution in [0.15, 0.2) is 42.5 Å². The minimum absolute atomic E-state index is 0.0394. The van der Waals surface area contributed by atoms with Crippen molar-refractivity contribution in [3.63, 3.8) is 0 Å². The minimum atomic E-state index is -2.21. The van der Waals surface area contributed by atoms with Gasteiger partial charge in [0.1, 0.15) is 23.8 Å². The Morgan fingerprint density at radius 1 is 1.11 bits per heavy atom. The van der Waals surface area contributed by atoms with Crippen molar-refractivity contribution in [3.8, 4) is 5.75 Å². The molecule has 0 spiro atoms. The van der Waals surface area contributed by atoms with Crippen LogP contribution in [0.2, 0.25) is 0 Å². The van der Waals surface area contributed by atoms with E-state index in [1.54, 1.807) is 13.8 Å². The molecule has 0 aliphatic rings. The average Bonchev–Trinajstić information content (AvgIpc) is 2.85. The van der Waals surface area contributed by atoms with E-state index in [2.05, 4.69) is 15.4 Å². The van der Waals surface area contributed by atoms with E-state index in [1.165, 1.54) is 19.2 Å². The fraction of sp³-hybridized carbons (Fsp3) is 0.400. The van der Waals surface area contributed by atoms with Crippen LogP contribution in [0.5, 0.6) is 5.75 Å². The summed E-state index contributed by atoms with van der Waals surface area (Å²) in [5.41, 5.74) is 0.654. The highest BCUT2D eigenvalue weighted by atomic mass is 19.1. The second kappa shape index (κ2) is 12.4. The van der Waals surface area contributed by atoms with Crippen molar-refractivity contribution in [1.82, 2.24) is 10.6 Å². The number of halogens is 1. The van der Waals surface area contributed by atoms with Crippen molar-refractivity contribution in [1.29, 1.82) is 0 Å². The molecule has 0 bridgehead atoms. The van der Waals surface area contributed by atoms with E-state index >= 15 is 0 Å². The van der Waals surface area contributed by atoms with Gasteiger partial charge >= 0.3 is 12.1 Å². The molecular weight excluding hydrogens is 475 g/mol. The predicted molar refractivity (Wildman–Crippen MR) is 127 cm³/mol. The summed E-state index contributed by atoms with van der Waals surface area (Å²) in [6.45, 7) is 3.56. The topological polar surface area (TPSA) is 132 Å². The van der Waals surface area contributed by atoms with E-state index in [4.69, 9.17) is 14.2 Å². The summed E-state index contributed by atoms with van der Waals surface area (Å²) >= 11 is 0. The summed E-state index contributed by atoms with van der Waals surface area (Å²) in [5.74, 6) is -3.51. The largest absolute Gasteiger partial charge is 0.489 e. The van der Waals surface area contributed by atoms with E-state index in [0.29, 0.717) is 18.5 Å². The molecule has 1 amide bonds. The third-order valence-corrected chi connectivity index (χ3v) is 5.29. The van der Waals surface area contributed by atoms with E-state index in [9.17, 15) is 23.9 Å². The molecule has 2 rings (SSSR count). The number of esters is 1. The lowest BCUT2D eigenvalue weighted by Gasteiger charge is -2.33. The zero-order valence-corrected chi connectivity index (χ0v) is 20.8. The lowest BCUT2D eigenvalue weighted by atomic mass is 9.97. The quantitative estimate of drug-likeness (QED) is 0.225. The van der Waals surface area contributed by atoms with Crippen molar-refractivity contribution in [2.45, 2.75) is 44.4 Å². The predicted octanol–water partition coefficient (Wildman–Crippen LogP) is 2.32. The zero-order valence-electron chi connectivity index (χ0n) is 20.8. The van der Waals surface area contributed by atoms with Gasteiger partial charge in [0.05, 0.1) is 12.7 Å². The third-order valence-electron chi connectivity index (χ3n) is 5.29. The number of benzene rings is 2. The molecule has 0 saturated heterocycles. The molecule has 2 aromatic rings. The molecule has 0 aromatic heterocycles. The third kappa shape index (κ3) is 7.74. The number of rotatable bonds is 12. The number of alkyl carbamates (subject to hydrolysis) is 1. The van der Waals surface area contributed by atoms with Gasteiger partial charge in [-0.15, -0.1) is 0 Å². The number of aldehydes is 1. The van der Waals surface area contributed by atoms with Crippen LogP contribution in [0, 0.1) is 5.82 Å². The fourth-order valence-corrected chi connectivity index (χ4v) is 3.34. The van der Waals surface area contributed by atoms with E-state index < -0.39 is 35.4 Å². The molecule has 2 aromatic carbocycles. The van der Waals surface area contributed by atoms with Gasteiger partial charge in [0.15, 0.2) is 12.3 Å². The maximum absolute atomic E-state index is 13.7. The standard InChI is InChI=1S/C25H31FN2O8/c1-24(2,36-23(31)28-21(22(30)33-4)25(32,27-3)34-5)13-16-6-8-17(9-7-16)15-35-19-11-10-18(14-29)20(26)12-19/h6-12,14,21,27,32H,13,15H2,1-5H3,(H,28,31). The number of ether oxygens (including phenoxy) is 4. The monoisotopic (exact) mass is 506 g/mol. The number of carbonyl (C=O) groups is 3. The van der Waals surface area contributed by atoms with E-state index in [0.717, 1.165) is 31.4 Å². The lowest BCUT2D eigenvalue weighted by molar-refractivity contribution is -0.227. The van der Waals surface area contributed by atoms with Gasteiger partial charge in [-0.2, -0.15) is 0 Å². The molecule has 2 atom stereocenters.